The van der Waals surface area contributed by atoms with Crippen molar-refractivity contribution >= 4 is 22.1 Å². The van der Waals surface area contributed by atoms with Crippen LogP contribution in [-0.4, -0.2) is 75.5 Å². The van der Waals surface area contributed by atoms with Gasteiger partial charge in [0.1, 0.15) is 13.2 Å². The molecule has 27 heavy (non-hydrogen) atoms. The highest BCUT2D eigenvalue weighted by molar-refractivity contribution is 7.85. The Morgan fingerprint density at radius 1 is 0.963 bits per heavy atom. The lowest BCUT2D eigenvalue weighted by atomic mass is 9.75. The predicted octanol–water partition coefficient (Wildman–Crippen LogP) is 1.89. The maximum Gasteiger partial charge on any atom is 0.311 e. The molecule has 0 aromatic carbocycles. The predicted molar refractivity (Wildman–Crippen MR) is 103 cm³/mol. The van der Waals surface area contributed by atoms with E-state index in [2.05, 4.69) is 0 Å². The number of quaternary nitrogens is 1. The monoisotopic (exact) mass is 410 g/mol. The third-order valence-corrected chi connectivity index (χ3v) is 5.16. The van der Waals surface area contributed by atoms with E-state index >= 15 is 0 Å². The molecule has 0 aromatic rings. The summed E-state index contributed by atoms with van der Waals surface area (Å²) in [5.41, 5.74) is -1.65. The average molecular weight is 411 g/mol. The van der Waals surface area contributed by atoms with Crippen molar-refractivity contribution in [3.8, 4) is 0 Å². The van der Waals surface area contributed by atoms with Crippen molar-refractivity contribution < 1.29 is 36.5 Å². The Balaban J connectivity index is 4.56. The number of carbonyl (C=O) groups is 2. The van der Waals surface area contributed by atoms with E-state index in [4.69, 9.17) is 14.0 Å². The Kier molecular flexibility index (Phi) is 9.40. The van der Waals surface area contributed by atoms with Gasteiger partial charge in [-0.25, -0.2) is 0 Å². The number of hydrogen-bond donors (Lipinski definition) is 1. The van der Waals surface area contributed by atoms with E-state index in [-0.39, 0.29) is 24.9 Å². The average Bonchev–Trinajstić information content (AvgIpc) is 2.44. The minimum Gasteiger partial charge on any atom is -0.466 e. The fourth-order valence-electron chi connectivity index (χ4n) is 2.94. The molecule has 0 spiro atoms. The molecule has 0 aromatic heterocycles. The van der Waals surface area contributed by atoms with Gasteiger partial charge in [-0.05, 0) is 41.0 Å². The summed E-state index contributed by atoms with van der Waals surface area (Å²) in [6.45, 7) is 10.2. The van der Waals surface area contributed by atoms with E-state index in [0.29, 0.717) is 30.4 Å². The molecule has 0 radical (unpaired) electrons. The third-order valence-electron chi connectivity index (χ3n) is 4.36. The number of ether oxygens (including phenoxy) is 2. The molecule has 0 atom stereocenters. The Morgan fingerprint density at radius 2 is 1.44 bits per heavy atom. The number of carbonyl (C=O) groups excluding carboxylic acids is 2. The molecule has 0 saturated heterocycles. The molecule has 0 amide bonds. The number of likely N-dealkylation sites (N-methyl/N-ethyl adjacent to an activating group) is 1. The summed E-state index contributed by atoms with van der Waals surface area (Å²) in [5, 5.41) is 0. The molecule has 0 unspecified atom stereocenters. The quantitative estimate of drug-likeness (QED) is 0.297. The van der Waals surface area contributed by atoms with Crippen LogP contribution < -0.4 is 0 Å². The summed E-state index contributed by atoms with van der Waals surface area (Å²) >= 11 is 0. The zero-order valence-corrected chi connectivity index (χ0v) is 18.5. The summed E-state index contributed by atoms with van der Waals surface area (Å²) in [4.78, 5) is 24.5. The highest BCUT2D eigenvalue weighted by Gasteiger charge is 2.41. The summed E-state index contributed by atoms with van der Waals surface area (Å²) < 4.78 is 41.3. The standard InChI is InChI=1S/C18H35NO7S/c1-8-25-15(20)17(2,3)14-18(4,5)16(21)26-12-11-19(6,7)10-9-13-27(22,23)24/h8-14H2,1-7H3/p+1. The highest BCUT2D eigenvalue weighted by atomic mass is 32.2. The third kappa shape index (κ3) is 10.7. The maximum absolute atomic E-state index is 12.5. The normalized spacial score (nSPS) is 13.3. The first-order chi connectivity index (χ1) is 12.0. The zero-order valence-electron chi connectivity index (χ0n) is 17.7. The van der Waals surface area contributed by atoms with Gasteiger partial charge < -0.3 is 14.0 Å². The van der Waals surface area contributed by atoms with Crippen LogP contribution in [0.2, 0.25) is 0 Å². The van der Waals surface area contributed by atoms with Gasteiger partial charge in [0, 0.05) is 6.42 Å². The molecule has 0 bridgehead atoms. The maximum atomic E-state index is 12.5. The summed E-state index contributed by atoms with van der Waals surface area (Å²) in [5.74, 6) is -1.02. The van der Waals surface area contributed by atoms with Crippen LogP contribution in [0.25, 0.3) is 0 Å². The number of nitrogens with zero attached hydrogens (tertiary/aromatic N) is 1. The minimum absolute atomic E-state index is 0.182. The molecule has 8 nitrogen and oxygen atoms in total. The zero-order chi connectivity index (χ0) is 21.5. The Bertz CT molecular complexity index is 609. The lowest BCUT2D eigenvalue weighted by molar-refractivity contribution is -0.890. The second-order valence-electron chi connectivity index (χ2n) is 8.82. The number of rotatable bonds is 12. The van der Waals surface area contributed by atoms with Gasteiger partial charge in [0.25, 0.3) is 10.1 Å². The SMILES string of the molecule is CCOC(=O)C(C)(C)CC(C)(C)C(=O)OCC[N+](C)(C)CCCS(=O)(=O)O. The van der Waals surface area contributed by atoms with Crippen molar-refractivity contribution in [3.05, 3.63) is 0 Å². The van der Waals surface area contributed by atoms with Gasteiger partial charge in [-0.3, -0.25) is 14.1 Å². The Labute approximate surface area is 163 Å². The molecule has 1 N–H and O–H groups in total. The molecular weight excluding hydrogens is 374 g/mol. The van der Waals surface area contributed by atoms with E-state index in [1.807, 2.05) is 14.1 Å². The van der Waals surface area contributed by atoms with Gasteiger partial charge >= 0.3 is 11.9 Å². The van der Waals surface area contributed by atoms with Gasteiger partial charge in [-0.15, -0.1) is 0 Å². The van der Waals surface area contributed by atoms with E-state index < -0.39 is 26.9 Å². The van der Waals surface area contributed by atoms with Crippen LogP contribution in [0.1, 0.15) is 47.5 Å². The minimum atomic E-state index is -3.96. The fourth-order valence-corrected chi connectivity index (χ4v) is 3.44. The number of hydrogen-bond acceptors (Lipinski definition) is 6. The van der Waals surface area contributed by atoms with Gasteiger partial charge in [0.2, 0.25) is 0 Å². The molecule has 9 heteroatoms. The van der Waals surface area contributed by atoms with Crippen LogP contribution in [0.5, 0.6) is 0 Å². The lowest BCUT2D eigenvalue weighted by Gasteiger charge is -2.32. The first-order valence-corrected chi connectivity index (χ1v) is 10.7. The van der Waals surface area contributed by atoms with Crippen LogP contribution in [0.15, 0.2) is 0 Å². The van der Waals surface area contributed by atoms with Gasteiger partial charge in [0.15, 0.2) is 0 Å². The van der Waals surface area contributed by atoms with Crippen LogP contribution in [0, 0.1) is 10.8 Å². The highest BCUT2D eigenvalue weighted by Crippen LogP contribution is 2.35. The second kappa shape index (κ2) is 9.84. The molecule has 0 heterocycles. The molecule has 0 aliphatic rings. The van der Waals surface area contributed by atoms with Crippen molar-refractivity contribution in [2.75, 3.05) is 46.2 Å². The van der Waals surface area contributed by atoms with E-state index in [1.54, 1.807) is 34.6 Å². The first kappa shape index (κ1) is 25.8. The van der Waals surface area contributed by atoms with Crippen molar-refractivity contribution in [3.63, 3.8) is 0 Å². The molecule has 0 fully saturated rings. The first-order valence-electron chi connectivity index (χ1n) is 9.14. The smallest absolute Gasteiger partial charge is 0.311 e. The molecule has 160 valence electrons. The van der Waals surface area contributed by atoms with E-state index in [0.717, 1.165) is 0 Å². The topological polar surface area (TPSA) is 107 Å². The van der Waals surface area contributed by atoms with Crippen molar-refractivity contribution in [2.24, 2.45) is 10.8 Å². The van der Waals surface area contributed by atoms with Crippen LogP contribution in [0.3, 0.4) is 0 Å². The molecule has 0 rings (SSSR count). The van der Waals surface area contributed by atoms with Gasteiger partial charge in [-0.1, -0.05) is 0 Å². The van der Waals surface area contributed by atoms with Gasteiger partial charge in [-0.2, -0.15) is 8.42 Å². The van der Waals surface area contributed by atoms with Gasteiger partial charge in [0.05, 0.1) is 43.8 Å². The van der Waals surface area contributed by atoms with Crippen molar-refractivity contribution in [1.82, 2.24) is 0 Å². The molecule has 0 aliphatic heterocycles. The lowest BCUT2D eigenvalue weighted by Crippen LogP contribution is -2.44. The van der Waals surface area contributed by atoms with Crippen molar-refractivity contribution in [2.45, 2.75) is 47.5 Å². The largest absolute Gasteiger partial charge is 0.466 e. The summed E-state index contributed by atoms with van der Waals surface area (Å²) in [6.07, 6.45) is 0.614. The molecule has 0 aliphatic carbocycles. The van der Waals surface area contributed by atoms with E-state index in [9.17, 15) is 18.0 Å². The Morgan fingerprint density at radius 3 is 1.89 bits per heavy atom. The molecular formula is C18H36NO7S+. The second-order valence-corrected chi connectivity index (χ2v) is 10.4. The van der Waals surface area contributed by atoms with E-state index in [1.165, 1.54) is 0 Å². The summed E-state index contributed by atoms with van der Waals surface area (Å²) in [7, 11) is -0.170. The fraction of sp³-hybridized carbons (Fsp3) is 0.889. The van der Waals surface area contributed by atoms with Crippen LogP contribution in [-0.2, 0) is 29.2 Å². The molecule has 0 saturated carbocycles. The Hall–Kier alpha value is -1.19. The number of esters is 2. The van der Waals surface area contributed by atoms with Crippen LogP contribution >= 0.6 is 0 Å². The van der Waals surface area contributed by atoms with Crippen molar-refractivity contribution in [1.29, 1.82) is 0 Å². The summed E-state index contributed by atoms with van der Waals surface area (Å²) in [6, 6.07) is 0. The van der Waals surface area contributed by atoms with Crippen LogP contribution in [0.4, 0.5) is 0 Å².